The highest BCUT2D eigenvalue weighted by molar-refractivity contribution is 6.36. The molecule has 0 radical (unpaired) electrons. The smallest absolute Gasteiger partial charge is 0.323 e. The molecule has 1 aromatic rings. The van der Waals surface area contributed by atoms with Crippen LogP contribution in [-0.4, -0.2) is 34.6 Å². The van der Waals surface area contributed by atoms with Crippen LogP contribution < -0.4 is 5.32 Å². The number of carbonyl (C=O) groups is 2. The molecule has 0 bridgehead atoms. The van der Waals surface area contributed by atoms with Gasteiger partial charge in [0.25, 0.3) is 0 Å². The van der Waals surface area contributed by atoms with Gasteiger partial charge >= 0.3 is 12.0 Å². The SMILES string of the molecule is CC(C)N(CC(=O)O)C(=O)Nc1ccc(Cl)cc1Cl. The first-order valence-corrected chi connectivity index (χ1v) is 6.31. The van der Waals surface area contributed by atoms with E-state index >= 15 is 0 Å². The Bertz CT molecular complexity index is 492. The topological polar surface area (TPSA) is 69.6 Å². The summed E-state index contributed by atoms with van der Waals surface area (Å²) >= 11 is 11.7. The lowest BCUT2D eigenvalue weighted by molar-refractivity contribution is -0.137. The van der Waals surface area contributed by atoms with E-state index in [2.05, 4.69) is 5.32 Å². The highest BCUT2D eigenvalue weighted by atomic mass is 35.5. The van der Waals surface area contributed by atoms with Crippen molar-refractivity contribution in [1.82, 2.24) is 4.90 Å². The Labute approximate surface area is 121 Å². The fraction of sp³-hybridized carbons (Fsp3) is 0.333. The minimum Gasteiger partial charge on any atom is -0.480 e. The summed E-state index contributed by atoms with van der Waals surface area (Å²) < 4.78 is 0. The van der Waals surface area contributed by atoms with Gasteiger partial charge in [0.2, 0.25) is 0 Å². The van der Waals surface area contributed by atoms with E-state index in [1.54, 1.807) is 26.0 Å². The minimum absolute atomic E-state index is 0.248. The Kier molecular flexibility index (Phi) is 5.44. The summed E-state index contributed by atoms with van der Waals surface area (Å²) in [5, 5.41) is 12.1. The Balaban J connectivity index is 2.84. The molecule has 0 aliphatic heterocycles. The molecule has 0 atom stereocenters. The number of nitrogens with one attached hydrogen (secondary N) is 1. The van der Waals surface area contributed by atoms with Crippen LogP contribution >= 0.6 is 23.2 Å². The summed E-state index contributed by atoms with van der Waals surface area (Å²) in [7, 11) is 0. The Morgan fingerprint density at radius 3 is 2.47 bits per heavy atom. The van der Waals surface area contributed by atoms with Crippen molar-refractivity contribution >= 4 is 40.9 Å². The molecule has 0 aliphatic rings. The molecule has 1 rings (SSSR count). The van der Waals surface area contributed by atoms with Crippen LogP contribution in [0.4, 0.5) is 10.5 Å². The second-order valence-electron chi connectivity index (χ2n) is 4.17. The number of halogens is 2. The van der Waals surface area contributed by atoms with Gasteiger partial charge in [-0.05, 0) is 32.0 Å². The van der Waals surface area contributed by atoms with Crippen LogP contribution in [0.15, 0.2) is 18.2 Å². The number of hydrogen-bond acceptors (Lipinski definition) is 2. The maximum atomic E-state index is 12.0. The third-order valence-electron chi connectivity index (χ3n) is 2.36. The van der Waals surface area contributed by atoms with E-state index in [9.17, 15) is 9.59 Å². The Morgan fingerprint density at radius 2 is 2.00 bits per heavy atom. The van der Waals surface area contributed by atoms with Crippen LogP contribution in [0.25, 0.3) is 0 Å². The molecule has 0 saturated heterocycles. The Hall–Kier alpha value is -1.46. The van der Waals surface area contributed by atoms with Gasteiger partial charge in [0, 0.05) is 11.1 Å². The van der Waals surface area contributed by atoms with Gasteiger partial charge in [-0.3, -0.25) is 4.79 Å². The van der Waals surface area contributed by atoms with E-state index in [0.29, 0.717) is 15.7 Å². The molecule has 0 unspecified atom stereocenters. The second-order valence-corrected chi connectivity index (χ2v) is 5.01. The van der Waals surface area contributed by atoms with Crippen molar-refractivity contribution in [2.24, 2.45) is 0 Å². The van der Waals surface area contributed by atoms with Crippen molar-refractivity contribution in [3.8, 4) is 0 Å². The van der Waals surface area contributed by atoms with Crippen LogP contribution in [0, 0.1) is 0 Å². The molecule has 0 saturated carbocycles. The number of amides is 2. The number of anilines is 1. The summed E-state index contributed by atoms with van der Waals surface area (Å²) in [6, 6.07) is 3.86. The van der Waals surface area contributed by atoms with Gasteiger partial charge in [-0.2, -0.15) is 0 Å². The van der Waals surface area contributed by atoms with Crippen molar-refractivity contribution < 1.29 is 14.7 Å². The van der Waals surface area contributed by atoms with Gasteiger partial charge in [-0.15, -0.1) is 0 Å². The number of carbonyl (C=O) groups excluding carboxylic acids is 1. The zero-order chi connectivity index (χ0) is 14.6. The number of hydrogen-bond donors (Lipinski definition) is 2. The highest BCUT2D eigenvalue weighted by Gasteiger charge is 2.20. The van der Waals surface area contributed by atoms with Gasteiger partial charge in [-0.25, -0.2) is 4.79 Å². The molecule has 7 heteroatoms. The third kappa shape index (κ3) is 4.61. The number of benzene rings is 1. The number of rotatable bonds is 4. The first kappa shape index (κ1) is 15.6. The van der Waals surface area contributed by atoms with Gasteiger partial charge in [0.05, 0.1) is 10.7 Å². The molecule has 0 fully saturated rings. The van der Waals surface area contributed by atoms with E-state index in [4.69, 9.17) is 28.3 Å². The van der Waals surface area contributed by atoms with Crippen LogP contribution in [0.3, 0.4) is 0 Å². The second kappa shape index (κ2) is 6.63. The van der Waals surface area contributed by atoms with Crippen molar-refractivity contribution in [1.29, 1.82) is 0 Å². The van der Waals surface area contributed by atoms with E-state index in [1.807, 2.05) is 0 Å². The molecule has 0 aromatic heterocycles. The molecular formula is C12H14Cl2N2O3. The lowest BCUT2D eigenvalue weighted by atomic mass is 10.3. The predicted octanol–water partition coefficient (Wildman–Crippen LogP) is 3.32. The van der Waals surface area contributed by atoms with Crippen LogP contribution in [0.5, 0.6) is 0 Å². The summed E-state index contributed by atoms with van der Waals surface area (Å²) in [5.74, 6) is -1.08. The van der Waals surface area contributed by atoms with Crippen LogP contribution in [0.1, 0.15) is 13.8 Å². The maximum Gasteiger partial charge on any atom is 0.323 e. The fourth-order valence-corrected chi connectivity index (χ4v) is 1.87. The number of nitrogens with zero attached hydrogens (tertiary/aromatic N) is 1. The lowest BCUT2D eigenvalue weighted by Crippen LogP contribution is -2.43. The minimum atomic E-state index is -1.08. The van der Waals surface area contributed by atoms with E-state index in [0.717, 1.165) is 0 Å². The number of aliphatic carboxylic acids is 1. The molecule has 104 valence electrons. The molecule has 1 aromatic carbocycles. The monoisotopic (exact) mass is 304 g/mol. The first-order valence-electron chi connectivity index (χ1n) is 5.55. The largest absolute Gasteiger partial charge is 0.480 e. The van der Waals surface area contributed by atoms with Crippen LogP contribution in [-0.2, 0) is 4.79 Å². The van der Waals surface area contributed by atoms with Gasteiger partial charge < -0.3 is 15.3 Å². The maximum absolute atomic E-state index is 12.0. The molecule has 0 aliphatic carbocycles. The molecule has 2 N–H and O–H groups in total. The summed E-state index contributed by atoms with van der Waals surface area (Å²) in [6.45, 7) is 3.08. The molecule has 0 heterocycles. The van der Waals surface area contributed by atoms with Crippen molar-refractivity contribution in [2.75, 3.05) is 11.9 Å². The summed E-state index contributed by atoms with van der Waals surface area (Å²) in [4.78, 5) is 23.9. The standard InChI is InChI=1S/C12H14Cl2N2O3/c1-7(2)16(6-11(17)18)12(19)15-10-4-3-8(13)5-9(10)14/h3-5,7H,6H2,1-2H3,(H,15,19)(H,17,18). The number of urea groups is 1. The zero-order valence-electron chi connectivity index (χ0n) is 10.5. The van der Waals surface area contributed by atoms with Gasteiger partial charge in [0.15, 0.2) is 0 Å². The van der Waals surface area contributed by atoms with Crippen molar-refractivity contribution in [2.45, 2.75) is 19.9 Å². The molecule has 19 heavy (non-hydrogen) atoms. The van der Waals surface area contributed by atoms with Gasteiger partial charge in [0.1, 0.15) is 6.54 Å². The van der Waals surface area contributed by atoms with Crippen molar-refractivity contribution in [3.05, 3.63) is 28.2 Å². The van der Waals surface area contributed by atoms with Crippen LogP contribution in [0.2, 0.25) is 10.0 Å². The average Bonchev–Trinajstić information content (AvgIpc) is 2.29. The summed E-state index contributed by atoms with van der Waals surface area (Å²) in [5.41, 5.74) is 0.382. The van der Waals surface area contributed by atoms with E-state index in [-0.39, 0.29) is 12.6 Å². The van der Waals surface area contributed by atoms with Gasteiger partial charge in [-0.1, -0.05) is 23.2 Å². The molecule has 0 spiro atoms. The summed E-state index contributed by atoms with van der Waals surface area (Å²) in [6.07, 6.45) is 0. The van der Waals surface area contributed by atoms with Crippen molar-refractivity contribution in [3.63, 3.8) is 0 Å². The number of carboxylic acids is 1. The molecule has 5 nitrogen and oxygen atoms in total. The third-order valence-corrected chi connectivity index (χ3v) is 2.91. The molecule has 2 amide bonds. The highest BCUT2D eigenvalue weighted by Crippen LogP contribution is 2.25. The first-order chi connectivity index (χ1) is 8.81. The van der Waals surface area contributed by atoms with E-state index in [1.165, 1.54) is 11.0 Å². The lowest BCUT2D eigenvalue weighted by Gasteiger charge is -2.25. The number of carboxylic acid groups (broad SMARTS) is 1. The quantitative estimate of drug-likeness (QED) is 0.896. The zero-order valence-corrected chi connectivity index (χ0v) is 12.0. The fourth-order valence-electron chi connectivity index (χ4n) is 1.41. The molecular weight excluding hydrogens is 291 g/mol. The Morgan fingerprint density at radius 1 is 1.37 bits per heavy atom. The predicted molar refractivity (Wildman–Crippen MR) is 75.0 cm³/mol. The van der Waals surface area contributed by atoms with E-state index < -0.39 is 12.0 Å². The normalized spacial score (nSPS) is 10.4. The average molecular weight is 305 g/mol.